The quantitative estimate of drug-likeness (QED) is 0.0368. The van der Waals surface area contributed by atoms with Crippen molar-refractivity contribution in [2.45, 2.75) is 263 Å². The zero-order valence-electron chi connectivity index (χ0n) is 36.1. The minimum absolute atomic E-state index is 0.00652. The van der Waals surface area contributed by atoms with Gasteiger partial charge in [0.2, 0.25) is 5.91 Å². The van der Waals surface area contributed by atoms with Gasteiger partial charge in [0.05, 0.1) is 31.3 Å². The van der Waals surface area contributed by atoms with E-state index in [1.54, 1.807) is 6.08 Å². The first-order valence-corrected chi connectivity index (χ1v) is 23.8. The maximum absolute atomic E-state index is 12.4. The van der Waals surface area contributed by atoms with Crippen LogP contribution < -0.4 is 5.32 Å². The first kappa shape index (κ1) is 52.6. The summed E-state index contributed by atoms with van der Waals surface area (Å²) < 4.78 is 0. The Bertz CT molecular complexity index is 840. The van der Waals surface area contributed by atoms with Gasteiger partial charge in [0, 0.05) is 0 Å². The van der Waals surface area contributed by atoms with Gasteiger partial charge in [0.25, 0.3) is 0 Å². The van der Waals surface area contributed by atoms with Crippen molar-refractivity contribution in [2.24, 2.45) is 0 Å². The standard InChI is InChI=1S/C49H93NO4/c1-3-5-7-9-11-13-15-16-17-18-19-20-21-22-23-24-25-26-27-28-29-30-31-32-33-34-36-38-40-42-46(52)44-49(54)50-47(45-51)48(53)43-41-39-37-35-14-12-10-8-6-4-2/h14,22-23,35,41,43,46-48,51-53H,3-13,15-21,24-34,36-40,42,44-45H2,1-2H3,(H,50,54)/b23-22-,35-14+,43-41+. The number of unbranched alkanes of at least 4 members (excludes halogenated alkanes) is 30. The van der Waals surface area contributed by atoms with Gasteiger partial charge in [-0.15, -0.1) is 0 Å². The number of allylic oxidation sites excluding steroid dienone is 5. The Balaban J connectivity index is 3.53. The van der Waals surface area contributed by atoms with Crippen LogP contribution in [0.25, 0.3) is 0 Å². The average molecular weight is 760 g/mol. The molecule has 0 aromatic carbocycles. The summed E-state index contributed by atoms with van der Waals surface area (Å²) in [5.74, 6) is -0.326. The van der Waals surface area contributed by atoms with Crippen molar-refractivity contribution in [1.82, 2.24) is 5.32 Å². The second-order valence-corrected chi connectivity index (χ2v) is 16.4. The summed E-state index contributed by atoms with van der Waals surface area (Å²) in [6, 6.07) is -0.758. The van der Waals surface area contributed by atoms with Gasteiger partial charge < -0.3 is 20.6 Å². The highest BCUT2D eigenvalue weighted by Crippen LogP contribution is 2.16. The molecule has 5 heteroatoms. The first-order valence-electron chi connectivity index (χ1n) is 23.8. The number of amides is 1. The number of hydrogen-bond acceptors (Lipinski definition) is 4. The third kappa shape index (κ3) is 40.2. The maximum Gasteiger partial charge on any atom is 0.222 e. The van der Waals surface area contributed by atoms with Gasteiger partial charge in [-0.05, 0) is 57.8 Å². The van der Waals surface area contributed by atoms with Crippen molar-refractivity contribution in [2.75, 3.05) is 6.61 Å². The summed E-state index contributed by atoms with van der Waals surface area (Å²) in [5.41, 5.74) is 0. The molecule has 5 nitrogen and oxygen atoms in total. The Morgan fingerprint density at radius 3 is 1.20 bits per heavy atom. The van der Waals surface area contributed by atoms with Crippen LogP contribution in [0.15, 0.2) is 36.5 Å². The lowest BCUT2D eigenvalue weighted by Crippen LogP contribution is -2.45. The van der Waals surface area contributed by atoms with Crippen molar-refractivity contribution in [3.63, 3.8) is 0 Å². The fourth-order valence-corrected chi connectivity index (χ4v) is 7.23. The van der Waals surface area contributed by atoms with Crippen LogP contribution in [0.4, 0.5) is 0 Å². The third-order valence-corrected chi connectivity index (χ3v) is 10.9. The molecule has 54 heavy (non-hydrogen) atoms. The molecule has 0 heterocycles. The van der Waals surface area contributed by atoms with Gasteiger partial charge in [-0.2, -0.15) is 0 Å². The molecule has 0 saturated carbocycles. The summed E-state index contributed by atoms with van der Waals surface area (Å²) in [4.78, 5) is 12.4. The lowest BCUT2D eigenvalue weighted by molar-refractivity contribution is -0.124. The highest BCUT2D eigenvalue weighted by molar-refractivity contribution is 5.76. The number of rotatable bonds is 43. The van der Waals surface area contributed by atoms with Gasteiger partial charge in [0.15, 0.2) is 0 Å². The lowest BCUT2D eigenvalue weighted by Gasteiger charge is -2.21. The molecule has 4 N–H and O–H groups in total. The number of carbonyl (C=O) groups excluding carboxylic acids is 1. The van der Waals surface area contributed by atoms with E-state index in [4.69, 9.17) is 0 Å². The number of carbonyl (C=O) groups is 1. The molecule has 0 aliphatic carbocycles. The minimum Gasteiger partial charge on any atom is -0.394 e. The van der Waals surface area contributed by atoms with Crippen LogP contribution >= 0.6 is 0 Å². The zero-order valence-corrected chi connectivity index (χ0v) is 36.1. The van der Waals surface area contributed by atoms with E-state index in [0.717, 1.165) is 32.1 Å². The van der Waals surface area contributed by atoms with E-state index < -0.39 is 18.2 Å². The first-order chi connectivity index (χ1) is 26.5. The van der Waals surface area contributed by atoms with Crippen molar-refractivity contribution in [3.05, 3.63) is 36.5 Å². The van der Waals surface area contributed by atoms with Gasteiger partial charge in [-0.25, -0.2) is 0 Å². The minimum atomic E-state index is -0.949. The van der Waals surface area contributed by atoms with E-state index in [-0.39, 0.29) is 18.9 Å². The molecular weight excluding hydrogens is 667 g/mol. The van der Waals surface area contributed by atoms with Gasteiger partial charge in [0.1, 0.15) is 0 Å². The SMILES string of the molecule is CCCCCC/C=C/CC/C=C/C(O)C(CO)NC(=O)CC(O)CCCCCCCCCCCCCCC/C=C\CCCCCCCCCCCCCC. The molecule has 0 fully saturated rings. The molecule has 0 aliphatic rings. The van der Waals surface area contributed by atoms with E-state index in [1.165, 1.54) is 186 Å². The highest BCUT2D eigenvalue weighted by atomic mass is 16.3. The normalized spacial score (nSPS) is 13.8. The summed E-state index contributed by atoms with van der Waals surface area (Å²) in [6.45, 7) is 4.17. The Labute approximate surface area is 336 Å². The van der Waals surface area contributed by atoms with Crippen LogP contribution in [0.2, 0.25) is 0 Å². The second-order valence-electron chi connectivity index (χ2n) is 16.4. The summed E-state index contributed by atoms with van der Waals surface area (Å²) in [5, 5.41) is 33.1. The number of aliphatic hydroxyl groups is 3. The fraction of sp³-hybridized carbons (Fsp3) is 0.857. The summed E-state index contributed by atoms with van der Waals surface area (Å²) >= 11 is 0. The molecule has 0 rings (SSSR count). The average Bonchev–Trinajstić information content (AvgIpc) is 3.16. The molecule has 0 spiro atoms. The van der Waals surface area contributed by atoms with Gasteiger partial charge in [-0.3, -0.25) is 4.79 Å². The monoisotopic (exact) mass is 760 g/mol. The molecule has 0 aromatic heterocycles. The molecule has 0 bridgehead atoms. The van der Waals surface area contributed by atoms with Crippen LogP contribution in [-0.4, -0.2) is 46.1 Å². The Morgan fingerprint density at radius 2 is 0.796 bits per heavy atom. The smallest absolute Gasteiger partial charge is 0.222 e. The maximum atomic E-state index is 12.4. The van der Waals surface area contributed by atoms with E-state index in [9.17, 15) is 20.1 Å². The summed E-state index contributed by atoms with van der Waals surface area (Å²) in [6.07, 6.45) is 56.1. The van der Waals surface area contributed by atoms with E-state index in [1.807, 2.05) is 6.08 Å². The summed E-state index contributed by atoms with van der Waals surface area (Å²) in [7, 11) is 0. The highest BCUT2D eigenvalue weighted by Gasteiger charge is 2.20. The Morgan fingerprint density at radius 1 is 0.463 bits per heavy atom. The predicted molar refractivity (Wildman–Crippen MR) is 236 cm³/mol. The third-order valence-electron chi connectivity index (χ3n) is 10.9. The van der Waals surface area contributed by atoms with Crippen LogP contribution in [0.5, 0.6) is 0 Å². The second kappa shape index (κ2) is 44.3. The van der Waals surface area contributed by atoms with Crippen molar-refractivity contribution < 1.29 is 20.1 Å². The van der Waals surface area contributed by atoms with Crippen molar-refractivity contribution in [3.8, 4) is 0 Å². The van der Waals surface area contributed by atoms with Crippen LogP contribution in [0.1, 0.15) is 245 Å². The van der Waals surface area contributed by atoms with Crippen LogP contribution in [0.3, 0.4) is 0 Å². The largest absolute Gasteiger partial charge is 0.394 e. The lowest BCUT2D eigenvalue weighted by atomic mass is 10.0. The van der Waals surface area contributed by atoms with Crippen LogP contribution in [-0.2, 0) is 4.79 Å². The Hall–Kier alpha value is -1.43. The molecule has 0 aromatic rings. The number of nitrogens with one attached hydrogen (secondary N) is 1. The van der Waals surface area contributed by atoms with Crippen molar-refractivity contribution >= 4 is 5.91 Å². The molecular formula is C49H93NO4. The molecule has 318 valence electrons. The van der Waals surface area contributed by atoms with Gasteiger partial charge >= 0.3 is 0 Å². The molecule has 3 unspecified atom stereocenters. The zero-order chi connectivity index (χ0) is 39.4. The molecule has 0 saturated heterocycles. The fourth-order valence-electron chi connectivity index (χ4n) is 7.23. The topological polar surface area (TPSA) is 89.8 Å². The van der Waals surface area contributed by atoms with E-state index >= 15 is 0 Å². The van der Waals surface area contributed by atoms with E-state index in [0.29, 0.717) is 6.42 Å². The molecule has 0 radical (unpaired) electrons. The predicted octanol–water partition coefficient (Wildman–Crippen LogP) is 13.9. The van der Waals surface area contributed by atoms with Crippen LogP contribution in [0, 0.1) is 0 Å². The Kier molecular flexibility index (Phi) is 43.1. The number of hydrogen-bond donors (Lipinski definition) is 4. The van der Waals surface area contributed by atoms with Crippen molar-refractivity contribution in [1.29, 1.82) is 0 Å². The molecule has 3 atom stereocenters. The van der Waals surface area contributed by atoms with Gasteiger partial charge in [-0.1, -0.05) is 217 Å². The molecule has 1 amide bonds. The number of aliphatic hydroxyl groups excluding tert-OH is 3. The van der Waals surface area contributed by atoms with E-state index in [2.05, 4.69) is 43.5 Å². The molecule has 0 aliphatic heterocycles.